The van der Waals surface area contributed by atoms with Gasteiger partial charge in [0.1, 0.15) is 5.75 Å². The average molecular weight is 264 g/mol. The third-order valence-corrected chi connectivity index (χ3v) is 4.67. The molecule has 0 bridgehead atoms. The van der Waals surface area contributed by atoms with Gasteiger partial charge in [-0.05, 0) is 41.7 Å². The second-order valence-corrected chi connectivity index (χ2v) is 6.89. The van der Waals surface area contributed by atoms with Crippen molar-refractivity contribution < 1.29 is 4.74 Å². The van der Waals surface area contributed by atoms with Crippen molar-refractivity contribution in [2.75, 3.05) is 12.4 Å². The monoisotopic (exact) mass is 264 g/mol. The minimum absolute atomic E-state index is 0.178. The Morgan fingerprint density at radius 3 is 2.50 bits per heavy atom. The van der Waals surface area contributed by atoms with Gasteiger partial charge in [-0.2, -0.15) is 12.6 Å². The van der Waals surface area contributed by atoms with Crippen molar-refractivity contribution in [2.45, 2.75) is 45.4 Å². The van der Waals surface area contributed by atoms with E-state index in [9.17, 15) is 0 Å². The highest BCUT2D eigenvalue weighted by Gasteiger charge is 2.36. The van der Waals surface area contributed by atoms with Gasteiger partial charge < -0.3 is 4.74 Å². The van der Waals surface area contributed by atoms with Gasteiger partial charge in [-0.25, -0.2) is 0 Å². The summed E-state index contributed by atoms with van der Waals surface area (Å²) in [7, 11) is 0. The number of rotatable bonds is 4. The fraction of sp³-hybridized carbons (Fsp3) is 0.625. The van der Waals surface area contributed by atoms with Crippen LogP contribution >= 0.6 is 12.6 Å². The van der Waals surface area contributed by atoms with Crippen molar-refractivity contribution in [3.63, 3.8) is 0 Å². The molecule has 1 aromatic rings. The summed E-state index contributed by atoms with van der Waals surface area (Å²) in [6.07, 6.45) is 3.84. The first-order valence-electron chi connectivity index (χ1n) is 6.79. The summed E-state index contributed by atoms with van der Waals surface area (Å²) in [4.78, 5) is 0. The van der Waals surface area contributed by atoms with Crippen LogP contribution in [0.4, 0.5) is 0 Å². The SMILES string of the molecule is CC(C)(C)c1cccc(OCC2(CS)CCC2)c1. The van der Waals surface area contributed by atoms with Crippen LogP contribution in [0.25, 0.3) is 0 Å². The third kappa shape index (κ3) is 3.03. The molecule has 0 saturated heterocycles. The van der Waals surface area contributed by atoms with Crippen LogP contribution in [0.3, 0.4) is 0 Å². The van der Waals surface area contributed by atoms with Gasteiger partial charge in [0.05, 0.1) is 6.61 Å². The summed E-state index contributed by atoms with van der Waals surface area (Å²) in [5.74, 6) is 1.93. The van der Waals surface area contributed by atoms with Gasteiger partial charge in [0.2, 0.25) is 0 Å². The predicted octanol–water partition coefficient (Wildman–Crippen LogP) is 4.46. The molecule has 0 heterocycles. The van der Waals surface area contributed by atoms with Crippen LogP contribution in [0.5, 0.6) is 5.75 Å². The van der Waals surface area contributed by atoms with Crippen LogP contribution in [0.2, 0.25) is 0 Å². The van der Waals surface area contributed by atoms with Crippen molar-refractivity contribution in [2.24, 2.45) is 5.41 Å². The van der Waals surface area contributed by atoms with Crippen LogP contribution in [0, 0.1) is 5.41 Å². The Hall–Kier alpha value is -0.630. The topological polar surface area (TPSA) is 9.23 Å². The maximum absolute atomic E-state index is 5.99. The molecule has 0 amide bonds. The van der Waals surface area contributed by atoms with E-state index < -0.39 is 0 Å². The highest BCUT2D eigenvalue weighted by molar-refractivity contribution is 7.80. The molecule has 0 unspecified atom stereocenters. The van der Waals surface area contributed by atoms with E-state index in [-0.39, 0.29) is 5.41 Å². The standard InChI is InChI=1S/C16H24OS/c1-15(2,3)13-6-4-7-14(10-13)17-11-16(12-18)8-5-9-16/h4,6-7,10,18H,5,8-9,11-12H2,1-3H3. The summed E-state index contributed by atoms with van der Waals surface area (Å²) in [6, 6.07) is 8.49. The minimum Gasteiger partial charge on any atom is -0.493 e. The first kappa shape index (κ1) is 13.8. The molecule has 1 aliphatic rings. The molecular weight excluding hydrogens is 240 g/mol. The van der Waals surface area contributed by atoms with Crippen molar-refractivity contribution in [1.29, 1.82) is 0 Å². The van der Waals surface area contributed by atoms with Crippen LogP contribution in [0.1, 0.15) is 45.6 Å². The molecular formula is C16H24OS. The van der Waals surface area contributed by atoms with Crippen LogP contribution < -0.4 is 4.74 Å². The lowest BCUT2D eigenvalue weighted by Crippen LogP contribution is -2.37. The van der Waals surface area contributed by atoms with Gasteiger partial charge in [-0.3, -0.25) is 0 Å². The van der Waals surface area contributed by atoms with Gasteiger partial charge in [-0.1, -0.05) is 39.3 Å². The number of ether oxygens (including phenoxy) is 1. The molecule has 1 nitrogen and oxygen atoms in total. The molecule has 1 fully saturated rings. The zero-order valence-electron chi connectivity index (χ0n) is 11.7. The first-order valence-corrected chi connectivity index (χ1v) is 7.43. The molecule has 18 heavy (non-hydrogen) atoms. The maximum Gasteiger partial charge on any atom is 0.119 e. The first-order chi connectivity index (χ1) is 8.45. The Bertz CT molecular complexity index is 396. The Labute approximate surface area is 116 Å². The van der Waals surface area contributed by atoms with Gasteiger partial charge in [-0.15, -0.1) is 0 Å². The Morgan fingerprint density at radius 2 is 2.00 bits per heavy atom. The molecule has 1 aromatic carbocycles. The summed E-state index contributed by atoms with van der Waals surface area (Å²) in [5, 5.41) is 0. The number of benzene rings is 1. The van der Waals surface area contributed by atoms with Gasteiger partial charge in [0.15, 0.2) is 0 Å². The Morgan fingerprint density at radius 1 is 1.28 bits per heavy atom. The number of thiol groups is 1. The lowest BCUT2D eigenvalue weighted by Gasteiger charge is -2.40. The van der Waals surface area contributed by atoms with Crippen LogP contribution in [-0.2, 0) is 5.41 Å². The van der Waals surface area contributed by atoms with E-state index in [0.29, 0.717) is 5.41 Å². The van der Waals surface area contributed by atoms with Gasteiger partial charge >= 0.3 is 0 Å². The van der Waals surface area contributed by atoms with Gasteiger partial charge in [0.25, 0.3) is 0 Å². The predicted molar refractivity (Wildman–Crippen MR) is 80.8 cm³/mol. The quantitative estimate of drug-likeness (QED) is 0.790. The molecule has 100 valence electrons. The van der Waals surface area contributed by atoms with Crippen LogP contribution in [-0.4, -0.2) is 12.4 Å². The smallest absolute Gasteiger partial charge is 0.119 e. The zero-order valence-corrected chi connectivity index (χ0v) is 12.6. The van der Waals surface area contributed by atoms with Crippen molar-refractivity contribution in [3.05, 3.63) is 29.8 Å². The van der Waals surface area contributed by atoms with E-state index in [1.54, 1.807) is 0 Å². The van der Waals surface area contributed by atoms with E-state index in [1.165, 1.54) is 24.8 Å². The van der Waals surface area contributed by atoms with E-state index in [2.05, 4.69) is 57.7 Å². The Kier molecular flexibility index (Phi) is 3.96. The fourth-order valence-corrected chi connectivity index (χ4v) is 2.72. The minimum atomic E-state index is 0.178. The molecule has 1 saturated carbocycles. The lowest BCUT2D eigenvalue weighted by molar-refractivity contribution is 0.0829. The van der Waals surface area contributed by atoms with E-state index in [4.69, 9.17) is 4.74 Å². The zero-order chi connectivity index (χ0) is 13.2. The summed E-state index contributed by atoms with van der Waals surface area (Å²) >= 11 is 4.47. The second-order valence-electron chi connectivity index (χ2n) is 6.58. The van der Waals surface area contributed by atoms with Crippen molar-refractivity contribution in [1.82, 2.24) is 0 Å². The van der Waals surface area contributed by atoms with E-state index in [1.807, 2.05) is 0 Å². The largest absolute Gasteiger partial charge is 0.493 e. The van der Waals surface area contributed by atoms with E-state index >= 15 is 0 Å². The molecule has 0 aromatic heterocycles. The molecule has 2 rings (SSSR count). The lowest BCUT2D eigenvalue weighted by atomic mass is 9.71. The number of hydrogen-bond acceptors (Lipinski definition) is 2. The summed E-state index contributed by atoms with van der Waals surface area (Å²) in [6.45, 7) is 7.50. The summed E-state index contributed by atoms with van der Waals surface area (Å²) < 4.78 is 5.99. The van der Waals surface area contributed by atoms with Crippen molar-refractivity contribution >= 4 is 12.6 Å². The van der Waals surface area contributed by atoms with E-state index in [0.717, 1.165) is 18.1 Å². The van der Waals surface area contributed by atoms with Crippen molar-refractivity contribution in [3.8, 4) is 5.75 Å². The highest BCUT2D eigenvalue weighted by atomic mass is 32.1. The average Bonchev–Trinajstić information content (AvgIpc) is 2.27. The fourth-order valence-electron chi connectivity index (χ4n) is 2.31. The van der Waals surface area contributed by atoms with Gasteiger partial charge in [0, 0.05) is 5.41 Å². The Balaban J connectivity index is 2.01. The molecule has 0 N–H and O–H groups in total. The maximum atomic E-state index is 5.99. The molecule has 0 radical (unpaired) electrons. The highest BCUT2D eigenvalue weighted by Crippen LogP contribution is 2.42. The number of hydrogen-bond donors (Lipinski definition) is 1. The molecule has 0 spiro atoms. The molecule has 2 heteroatoms. The summed E-state index contributed by atoms with van der Waals surface area (Å²) in [5.41, 5.74) is 1.84. The molecule has 0 atom stereocenters. The second kappa shape index (κ2) is 5.16. The molecule has 0 aliphatic heterocycles. The van der Waals surface area contributed by atoms with Crippen LogP contribution in [0.15, 0.2) is 24.3 Å². The molecule has 1 aliphatic carbocycles. The third-order valence-electron chi connectivity index (χ3n) is 3.99. The normalized spacial score (nSPS) is 18.2.